The Morgan fingerprint density at radius 2 is 1.71 bits per heavy atom. The molecule has 0 unspecified atom stereocenters. The van der Waals surface area contributed by atoms with Gasteiger partial charge in [0.1, 0.15) is 10.3 Å². The van der Waals surface area contributed by atoms with E-state index in [9.17, 15) is 0 Å². The van der Waals surface area contributed by atoms with Gasteiger partial charge in [0, 0.05) is 0 Å². The van der Waals surface area contributed by atoms with Crippen LogP contribution in [0.5, 0.6) is 0 Å². The van der Waals surface area contributed by atoms with Gasteiger partial charge in [-0.05, 0) is 42.9 Å². The SMILES string of the molecule is Clc1cc2c(c(Cl)n1)CCCCCC2. The van der Waals surface area contributed by atoms with Crippen molar-refractivity contribution in [3.05, 3.63) is 27.5 Å². The highest BCUT2D eigenvalue weighted by atomic mass is 35.5. The van der Waals surface area contributed by atoms with Gasteiger partial charge in [-0.1, -0.05) is 36.0 Å². The maximum atomic E-state index is 6.08. The molecule has 3 heteroatoms. The minimum atomic E-state index is 0.523. The number of pyridine rings is 1. The van der Waals surface area contributed by atoms with Crippen molar-refractivity contribution >= 4 is 23.2 Å². The average Bonchev–Trinajstić information content (AvgIpc) is 2.07. The van der Waals surface area contributed by atoms with E-state index in [-0.39, 0.29) is 0 Å². The van der Waals surface area contributed by atoms with Crippen LogP contribution < -0.4 is 0 Å². The number of halogens is 2. The van der Waals surface area contributed by atoms with Crippen LogP contribution in [0.15, 0.2) is 6.07 Å². The summed E-state index contributed by atoms with van der Waals surface area (Å²) in [6, 6.07) is 1.97. The Labute approximate surface area is 94.4 Å². The van der Waals surface area contributed by atoms with Crippen LogP contribution in [0.25, 0.3) is 0 Å². The van der Waals surface area contributed by atoms with Crippen LogP contribution in [0.1, 0.15) is 36.8 Å². The molecule has 0 saturated heterocycles. The van der Waals surface area contributed by atoms with Crippen LogP contribution in [0.4, 0.5) is 0 Å². The molecule has 1 aliphatic rings. The van der Waals surface area contributed by atoms with Crippen LogP contribution in [0.3, 0.4) is 0 Å². The summed E-state index contributed by atoms with van der Waals surface area (Å²) in [5.74, 6) is 0. The van der Waals surface area contributed by atoms with Gasteiger partial charge in [0.15, 0.2) is 0 Å². The van der Waals surface area contributed by atoms with Gasteiger partial charge in [0.25, 0.3) is 0 Å². The van der Waals surface area contributed by atoms with Crippen molar-refractivity contribution in [1.29, 1.82) is 0 Å². The number of aromatic nitrogens is 1. The second kappa shape index (κ2) is 4.50. The summed E-state index contributed by atoms with van der Waals surface area (Å²) in [6.45, 7) is 0. The second-order valence-corrected chi connectivity index (χ2v) is 4.53. The standard InChI is InChI=1S/C11H13Cl2N/c12-10-7-8-5-3-1-2-4-6-9(8)11(13)14-10/h7H,1-6H2. The zero-order valence-corrected chi connectivity index (χ0v) is 9.53. The molecule has 0 fully saturated rings. The first kappa shape index (κ1) is 10.3. The Morgan fingerprint density at radius 3 is 2.50 bits per heavy atom. The molecule has 2 rings (SSSR count). The van der Waals surface area contributed by atoms with Gasteiger partial charge in [-0.25, -0.2) is 4.98 Å². The van der Waals surface area contributed by atoms with Crippen molar-refractivity contribution in [3.8, 4) is 0 Å². The summed E-state index contributed by atoms with van der Waals surface area (Å²) in [5.41, 5.74) is 2.52. The topological polar surface area (TPSA) is 12.9 Å². The molecule has 0 amide bonds. The van der Waals surface area contributed by atoms with Crippen LogP contribution in [0.2, 0.25) is 10.3 Å². The van der Waals surface area contributed by atoms with E-state index < -0.39 is 0 Å². The van der Waals surface area contributed by atoms with E-state index >= 15 is 0 Å². The van der Waals surface area contributed by atoms with E-state index in [2.05, 4.69) is 4.98 Å². The van der Waals surface area contributed by atoms with Crippen molar-refractivity contribution in [1.82, 2.24) is 4.98 Å². The molecule has 0 atom stereocenters. The number of nitrogens with zero attached hydrogens (tertiary/aromatic N) is 1. The lowest BCUT2D eigenvalue weighted by molar-refractivity contribution is 0.615. The molecule has 1 aliphatic carbocycles. The molecular weight excluding hydrogens is 217 g/mol. The highest BCUT2D eigenvalue weighted by Crippen LogP contribution is 2.27. The predicted molar refractivity (Wildman–Crippen MR) is 60.1 cm³/mol. The summed E-state index contributed by atoms with van der Waals surface area (Å²) in [5, 5.41) is 1.13. The molecule has 0 saturated carbocycles. The third-order valence-electron chi connectivity index (χ3n) is 2.76. The first-order valence-electron chi connectivity index (χ1n) is 5.11. The maximum absolute atomic E-state index is 6.08. The minimum absolute atomic E-state index is 0.523. The van der Waals surface area contributed by atoms with E-state index in [0.29, 0.717) is 10.3 Å². The monoisotopic (exact) mass is 229 g/mol. The molecule has 14 heavy (non-hydrogen) atoms. The molecule has 0 aliphatic heterocycles. The van der Waals surface area contributed by atoms with Crippen LogP contribution in [0, 0.1) is 0 Å². The Hall–Kier alpha value is -0.270. The largest absolute Gasteiger partial charge is 0.224 e. The Morgan fingerprint density at radius 1 is 1.00 bits per heavy atom. The predicted octanol–water partition coefficient (Wildman–Crippen LogP) is 4.05. The molecule has 76 valence electrons. The fraction of sp³-hybridized carbons (Fsp3) is 0.545. The molecule has 1 heterocycles. The summed E-state index contributed by atoms with van der Waals surface area (Å²) in [7, 11) is 0. The molecule has 1 aromatic rings. The summed E-state index contributed by atoms with van der Waals surface area (Å²) < 4.78 is 0. The van der Waals surface area contributed by atoms with Gasteiger partial charge in [-0.2, -0.15) is 0 Å². The fourth-order valence-electron chi connectivity index (χ4n) is 2.01. The van der Waals surface area contributed by atoms with Crippen LogP contribution in [-0.2, 0) is 12.8 Å². The lowest BCUT2D eigenvalue weighted by atomic mass is 9.95. The van der Waals surface area contributed by atoms with Gasteiger partial charge in [0.2, 0.25) is 0 Å². The van der Waals surface area contributed by atoms with E-state index in [1.165, 1.54) is 36.8 Å². The zero-order chi connectivity index (χ0) is 9.97. The van der Waals surface area contributed by atoms with Gasteiger partial charge in [-0.3, -0.25) is 0 Å². The van der Waals surface area contributed by atoms with Crippen molar-refractivity contribution < 1.29 is 0 Å². The summed E-state index contributed by atoms with van der Waals surface area (Å²) in [6.07, 6.45) is 7.23. The Bertz CT molecular complexity index is 336. The van der Waals surface area contributed by atoms with Crippen molar-refractivity contribution in [2.75, 3.05) is 0 Å². The molecule has 0 bridgehead atoms. The summed E-state index contributed by atoms with van der Waals surface area (Å²) >= 11 is 12.0. The highest BCUT2D eigenvalue weighted by Gasteiger charge is 2.12. The Kier molecular flexibility index (Phi) is 3.30. The zero-order valence-electron chi connectivity index (χ0n) is 8.02. The molecular formula is C11H13Cl2N. The van der Waals surface area contributed by atoms with E-state index in [1.807, 2.05) is 6.07 Å². The Balaban J connectivity index is 2.39. The number of rotatable bonds is 0. The van der Waals surface area contributed by atoms with Crippen LogP contribution in [-0.4, -0.2) is 4.98 Å². The average molecular weight is 230 g/mol. The third-order valence-corrected chi connectivity index (χ3v) is 3.26. The second-order valence-electron chi connectivity index (χ2n) is 3.79. The van der Waals surface area contributed by atoms with Crippen LogP contribution >= 0.6 is 23.2 Å². The molecule has 0 radical (unpaired) electrons. The first-order valence-corrected chi connectivity index (χ1v) is 5.87. The number of fused-ring (bicyclic) bond motifs is 1. The summed E-state index contributed by atoms with van der Waals surface area (Å²) in [4.78, 5) is 4.09. The van der Waals surface area contributed by atoms with Gasteiger partial charge >= 0.3 is 0 Å². The van der Waals surface area contributed by atoms with Crippen molar-refractivity contribution in [3.63, 3.8) is 0 Å². The van der Waals surface area contributed by atoms with Gasteiger partial charge in [0.05, 0.1) is 0 Å². The third kappa shape index (κ3) is 2.21. The maximum Gasteiger partial charge on any atom is 0.134 e. The normalized spacial score (nSPS) is 17.0. The molecule has 1 nitrogen and oxygen atoms in total. The van der Waals surface area contributed by atoms with E-state index in [4.69, 9.17) is 23.2 Å². The quantitative estimate of drug-likeness (QED) is 0.612. The minimum Gasteiger partial charge on any atom is -0.224 e. The molecule has 0 N–H and O–H groups in total. The first-order chi connectivity index (χ1) is 6.77. The van der Waals surface area contributed by atoms with E-state index in [0.717, 1.165) is 12.8 Å². The van der Waals surface area contributed by atoms with E-state index in [1.54, 1.807) is 0 Å². The van der Waals surface area contributed by atoms with Gasteiger partial charge < -0.3 is 0 Å². The number of hydrogen-bond acceptors (Lipinski definition) is 1. The highest BCUT2D eigenvalue weighted by molar-refractivity contribution is 6.33. The smallest absolute Gasteiger partial charge is 0.134 e. The number of hydrogen-bond donors (Lipinski definition) is 0. The lowest BCUT2D eigenvalue weighted by Crippen LogP contribution is -2.02. The van der Waals surface area contributed by atoms with Crippen molar-refractivity contribution in [2.45, 2.75) is 38.5 Å². The fourth-order valence-corrected chi connectivity index (χ4v) is 2.58. The lowest BCUT2D eigenvalue weighted by Gasteiger charge is -2.14. The molecule has 0 spiro atoms. The van der Waals surface area contributed by atoms with Gasteiger partial charge in [-0.15, -0.1) is 0 Å². The molecule has 1 aromatic heterocycles. The number of aryl methyl sites for hydroxylation is 1. The van der Waals surface area contributed by atoms with Crippen molar-refractivity contribution in [2.24, 2.45) is 0 Å². The molecule has 0 aromatic carbocycles.